The van der Waals surface area contributed by atoms with Crippen molar-refractivity contribution in [2.45, 2.75) is 26.8 Å². The number of nitrogens with zero attached hydrogens (tertiary/aromatic N) is 4. The lowest BCUT2D eigenvalue weighted by Crippen LogP contribution is -2.31. The first-order chi connectivity index (χ1) is 14.0. The zero-order chi connectivity index (χ0) is 20.5. The molecule has 8 heteroatoms. The molecule has 1 amide bonds. The summed E-state index contributed by atoms with van der Waals surface area (Å²) in [5.41, 5.74) is 5.06. The number of fused-ring (bicyclic) bond motifs is 1. The number of tetrazole rings is 1. The Kier molecular flexibility index (Phi) is 4.75. The Balaban J connectivity index is 1.75. The van der Waals surface area contributed by atoms with Crippen LogP contribution in [0.5, 0.6) is 5.75 Å². The summed E-state index contributed by atoms with van der Waals surface area (Å²) in [6, 6.07) is 13.0. The second kappa shape index (κ2) is 7.38. The summed E-state index contributed by atoms with van der Waals surface area (Å²) < 4.78 is 6.87. The number of aryl methyl sites for hydroxylation is 2. The molecule has 0 fully saturated rings. The number of allylic oxidation sites excluding steroid dienone is 1. The molecular formula is C21H22N6O2. The van der Waals surface area contributed by atoms with Crippen molar-refractivity contribution in [3.05, 3.63) is 70.4 Å². The second-order valence-electron chi connectivity index (χ2n) is 7.06. The monoisotopic (exact) mass is 390 g/mol. The van der Waals surface area contributed by atoms with Crippen LogP contribution in [0, 0.1) is 13.8 Å². The van der Waals surface area contributed by atoms with Gasteiger partial charge in [0.25, 0.3) is 5.91 Å². The van der Waals surface area contributed by atoms with Crippen LogP contribution in [0.3, 0.4) is 0 Å². The molecule has 0 unspecified atom stereocenters. The summed E-state index contributed by atoms with van der Waals surface area (Å²) in [5.74, 6) is 1.02. The normalized spacial score (nSPS) is 15.5. The number of aromatic nitrogens is 4. The van der Waals surface area contributed by atoms with Gasteiger partial charge in [-0.3, -0.25) is 4.79 Å². The number of rotatable bonds is 4. The molecule has 1 aliphatic heterocycles. The molecule has 3 aromatic rings. The number of nitrogens with one attached hydrogen (secondary N) is 2. The molecule has 1 aliphatic rings. The lowest BCUT2D eigenvalue weighted by molar-refractivity contribution is -0.113. The summed E-state index contributed by atoms with van der Waals surface area (Å²) in [6.07, 6.45) is 0. The first-order valence-corrected chi connectivity index (χ1v) is 9.26. The fourth-order valence-electron chi connectivity index (χ4n) is 3.54. The molecule has 4 rings (SSSR count). The van der Waals surface area contributed by atoms with E-state index in [1.54, 1.807) is 11.8 Å². The Morgan fingerprint density at radius 1 is 1.14 bits per heavy atom. The van der Waals surface area contributed by atoms with Crippen LogP contribution < -0.4 is 15.4 Å². The van der Waals surface area contributed by atoms with Gasteiger partial charge in [-0.1, -0.05) is 34.9 Å². The molecule has 0 saturated carbocycles. The molecule has 0 spiro atoms. The van der Waals surface area contributed by atoms with E-state index in [2.05, 4.69) is 26.2 Å². The van der Waals surface area contributed by atoms with Crippen LogP contribution >= 0.6 is 0 Å². The van der Waals surface area contributed by atoms with Crippen molar-refractivity contribution in [2.24, 2.45) is 0 Å². The molecule has 2 N–H and O–H groups in total. The summed E-state index contributed by atoms with van der Waals surface area (Å²) in [6.45, 7) is 5.85. The molecule has 1 atom stereocenters. The van der Waals surface area contributed by atoms with Gasteiger partial charge in [0, 0.05) is 11.4 Å². The van der Waals surface area contributed by atoms with Crippen molar-refractivity contribution in [3.63, 3.8) is 0 Å². The molecule has 148 valence electrons. The number of methoxy groups -OCH3 is 1. The fourth-order valence-corrected chi connectivity index (χ4v) is 3.54. The highest BCUT2D eigenvalue weighted by atomic mass is 16.5. The predicted octanol–water partition coefficient (Wildman–Crippen LogP) is 3.23. The van der Waals surface area contributed by atoms with E-state index in [1.165, 1.54) is 0 Å². The highest BCUT2D eigenvalue weighted by Gasteiger charge is 2.34. The van der Waals surface area contributed by atoms with E-state index in [1.807, 2.05) is 63.2 Å². The number of amides is 1. The summed E-state index contributed by atoms with van der Waals surface area (Å²) in [5, 5.41) is 18.1. The van der Waals surface area contributed by atoms with Crippen LogP contribution in [0.25, 0.3) is 0 Å². The first kappa shape index (κ1) is 18.7. The molecule has 29 heavy (non-hydrogen) atoms. The number of ether oxygens (including phenoxy) is 1. The van der Waals surface area contributed by atoms with Gasteiger partial charge in [-0.05, 0) is 60.5 Å². The average Bonchev–Trinajstić information content (AvgIpc) is 3.17. The van der Waals surface area contributed by atoms with Crippen LogP contribution in [0.4, 0.5) is 11.6 Å². The third kappa shape index (κ3) is 3.44. The highest BCUT2D eigenvalue weighted by molar-refractivity contribution is 6.06. The van der Waals surface area contributed by atoms with Crippen LogP contribution in [-0.2, 0) is 4.79 Å². The van der Waals surface area contributed by atoms with Crippen LogP contribution in [0.2, 0.25) is 0 Å². The van der Waals surface area contributed by atoms with Crippen LogP contribution in [0.1, 0.15) is 29.7 Å². The topological polar surface area (TPSA) is 94.0 Å². The molecule has 1 aromatic heterocycles. The highest BCUT2D eigenvalue weighted by Crippen LogP contribution is 2.35. The molecule has 0 saturated heterocycles. The van der Waals surface area contributed by atoms with Crippen LogP contribution in [0.15, 0.2) is 53.7 Å². The van der Waals surface area contributed by atoms with E-state index in [0.29, 0.717) is 17.2 Å². The molecule has 0 radical (unpaired) electrons. The summed E-state index contributed by atoms with van der Waals surface area (Å²) >= 11 is 0. The zero-order valence-electron chi connectivity index (χ0n) is 16.7. The standard InChI is InChI=1S/C21H22N6O2/c1-12-5-10-17(13(2)11-12)23-20(28)18-14(3)22-21-24-25-26-27(21)19(18)15-6-8-16(29-4)9-7-15/h5-11,19H,1-4H3,(H,23,28)(H,22,24,26)/t19-/m1/s1. The Morgan fingerprint density at radius 3 is 2.59 bits per heavy atom. The minimum absolute atomic E-state index is 0.205. The molecular weight excluding hydrogens is 368 g/mol. The number of benzene rings is 2. The van der Waals surface area contributed by atoms with Crippen LogP contribution in [-0.4, -0.2) is 33.2 Å². The largest absolute Gasteiger partial charge is 0.497 e. The number of hydrogen-bond acceptors (Lipinski definition) is 6. The summed E-state index contributed by atoms with van der Waals surface area (Å²) in [7, 11) is 1.62. The molecule has 0 aliphatic carbocycles. The molecule has 0 bridgehead atoms. The quantitative estimate of drug-likeness (QED) is 0.710. The lowest BCUT2D eigenvalue weighted by Gasteiger charge is -2.28. The minimum Gasteiger partial charge on any atom is -0.497 e. The van der Waals surface area contributed by atoms with Crippen molar-refractivity contribution >= 4 is 17.5 Å². The van der Waals surface area contributed by atoms with Gasteiger partial charge >= 0.3 is 0 Å². The predicted molar refractivity (Wildman–Crippen MR) is 110 cm³/mol. The smallest absolute Gasteiger partial charge is 0.255 e. The molecule has 2 aromatic carbocycles. The number of carbonyl (C=O) groups excluding carboxylic acids is 1. The minimum atomic E-state index is -0.460. The number of carbonyl (C=O) groups is 1. The van der Waals surface area contributed by atoms with Crippen molar-refractivity contribution in [3.8, 4) is 5.75 Å². The molecule has 2 heterocycles. The maximum absolute atomic E-state index is 13.3. The first-order valence-electron chi connectivity index (χ1n) is 9.26. The SMILES string of the molecule is COc1ccc([C@@H]2C(C(=O)Nc3ccc(C)cc3C)=C(C)Nc3nnnn32)cc1. The Morgan fingerprint density at radius 2 is 1.90 bits per heavy atom. The van der Waals surface area contributed by atoms with E-state index in [0.717, 1.165) is 28.1 Å². The number of anilines is 2. The van der Waals surface area contributed by atoms with E-state index < -0.39 is 6.04 Å². The number of hydrogen-bond donors (Lipinski definition) is 2. The van der Waals surface area contributed by atoms with Crippen molar-refractivity contribution in [1.29, 1.82) is 0 Å². The Labute approximate surface area is 168 Å². The second-order valence-corrected chi connectivity index (χ2v) is 7.06. The van der Waals surface area contributed by atoms with Gasteiger partial charge in [-0.15, -0.1) is 0 Å². The van der Waals surface area contributed by atoms with Gasteiger partial charge < -0.3 is 15.4 Å². The van der Waals surface area contributed by atoms with Crippen molar-refractivity contribution in [2.75, 3.05) is 17.7 Å². The molecule has 8 nitrogen and oxygen atoms in total. The van der Waals surface area contributed by atoms with E-state index in [4.69, 9.17) is 4.74 Å². The van der Waals surface area contributed by atoms with Gasteiger partial charge in [0.05, 0.1) is 12.7 Å². The third-order valence-corrected chi connectivity index (χ3v) is 5.02. The van der Waals surface area contributed by atoms with E-state index in [9.17, 15) is 4.79 Å². The van der Waals surface area contributed by atoms with Gasteiger partial charge in [0.2, 0.25) is 5.95 Å². The maximum Gasteiger partial charge on any atom is 0.255 e. The summed E-state index contributed by atoms with van der Waals surface area (Å²) in [4.78, 5) is 13.3. The Bertz CT molecular complexity index is 1100. The van der Waals surface area contributed by atoms with Gasteiger partial charge in [0.1, 0.15) is 11.8 Å². The zero-order valence-corrected chi connectivity index (χ0v) is 16.7. The van der Waals surface area contributed by atoms with Gasteiger partial charge in [-0.2, -0.15) is 4.68 Å². The van der Waals surface area contributed by atoms with E-state index in [-0.39, 0.29) is 5.91 Å². The van der Waals surface area contributed by atoms with E-state index >= 15 is 0 Å². The lowest BCUT2D eigenvalue weighted by atomic mass is 9.94. The van der Waals surface area contributed by atoms with Gasteiger partial charge in [0.15, 0.2) is 0 Å². The average molecular weight is 390 g/mol. The fraction of sp³-hybridized carbons (Fsp3) is 0.238. The Hall–Kier alpha value is -3.68. The maximum atomic E-state index is 13.3. The van der Waals surface area contributed by atoms with Crippen molar-refractivity contribution < 1.29 is 9.53 Å². The van der Waals surface area contributed by atoms with Crippen molar-refractivity contribution in [1.82, 2.24) is 20.2 Å². The van der Waals surface area contributed by atoms with Gasteiger partial charge in [-0.25, -0.2) is 0 Å². The third-order valence-electron chi connectivity index (χ3n) is 5.02.